The number of hydrogen-bond donors (Lipinski definition) is 1. The fourth-order valence-corrected chi connectivity index (χ4v) is 4.33. The first-order valence-electron chi connectivity index (χ1n) is 8.46. The predicted molar refractivity (Wildman–Crippen MR) is 99.1 cm³/mol. The molecule has 0 aromatic heterocycles. The summed E-state index contributed by atoms with van der Waals surface area (Å²) in [5, 5.41) is 3.34. The Bertz CT molecular complexity index is 871. The number of halogens is 3. The Morgan fingerprint density at radius 2 is 1.88 bits per heavy atom. The Hall–Kier alpha value is -1.99. The first-order chi connectivity index (χ1) is 12.4. The van der Waals surface area contributed by atoms with Crippen molar-refractivity contribution in [1.82, 2.24) is 5.32 Å². The molecular formula is C19H18F3N3S. The molecule has 136 valence electrons. The average Bonchev–Trinajstić information content (AvgIpc) is 2.82. The quantitative estimate of drug-likeness (QED) is 0.670. The van der Waals surface area contributed by atoms with Gasteiger partial charge >= 0.3 is 6.18 Å². The van der Waals surface area contributed by atoms with Crippen LogP contribution < -0.4 is 10.2 Å². The van der Waals surface area contributed by atoms with Crippen molar-refractivity contribution >= 4 is 29.4 Å². The van der Waals surface area contributed by atoms with E-state index in [9.17, 15) is 13.2 Å². The van der Waals surface area contributed by atoms with Gasteiger partial charge in [-0.2, -0.15) is 13.2 Å². The van der Waals surface area contributed by atoms with Crippen molar-refractivity contribution in [2.24, 2.45) is 4.99 Å². The zero-order valence-electron chi connectivity index (χ0n) is 14.2. The lowest BCUT2D eigenvalue weighted by Crippen LogP contribution is -2.44. The van der Waals surface area contributed by atoms with Crippen LogP contribution in [0.3, 0.4) is 0 Å². The molecule has 2 aromatic carbocycles. The maximum Gasteiger partial charge on any atom is 0.416 e. The standard InChI is InChI=1S/C19H18F3N3S/c1-12-2-4-16(25-8-6-23-7-9-25)14-11-24-15-10-13(19(20,21)22)3-5-17(15)26-18(12)14/h2-5,10-11,23H,6-9H2,1H3. The first-order valence-corrected chi connectivity index (χ1v) is 9.27. The van der Waals surface area contributed by atoms with E-state index in [1.807, 2.05) is 6.92 Å². The molecular weight excluding hydrogens is 359 g/mol. The lowest BCUT2D eigenvalue weighted by atomic mass is 10.1. The fourth-order valence-electron chi connectivity index (χ4n) is 3.26. The first kappa shape index (κ1) is 17.4. The highest BCUT2D eigenvalue weighted by Crippen LogP contribution is 2.45. The molecule has 0 spiro atoms. The monoisotopic (exact) mass is 377 g/mol. The predicted octanol–water partition coefficient (Wildman–Crippen LogP) is 4.64. The molecule has 2 aliphatic rings. The molecule has 0 amide bonds. The number of nitrogens with one attached hydrogen (secondary N) is 1. The number of nitrogens with zero attached hydrogens (tertiary/aromatic N) is 2. The van der Waals surface area contributed by atoms with Crippen molar-refractivity contribution in [2.45, 2.75) is 22.9 Å². The molecule has 2 aromatic rings. The van der Waals surface area contributed by atoms with Crippen molar-refractivity contribution in [3.63, 3.8) is 0 Å². The van der Waals surface area contributed by atoms with Gasteiger partial charge in [-0.3, -0.25) is 4.99 Å². The van der Waals surface area contributed by atoms with E-state index in [1.165, 1.54) is 17.8 Å². The Kier molecular flexibility index (Phi) is 4.44. The van der Waals surface area contributed by atoms with Crippen molar-refractivity contribution in [2.75, 3.05) is 31.1 Å². The zero-order chi connectivity index (χ0) is 18.3. The van der Waals surface area contributed by atoms with Gasteiger partial charge in [0.2, 0.25) is 0 Å². The molecule has 3 nitrogen and oxygen atoms in total. The number of alkyl halides is 3. The smallest absolute Gasteiger partial charge is 0.368 e. The molecule has 0 bridgehead atoms. The van der Waals surface area contributed by atoms with E-state index < -0.39 is 11.7 Å². The fraction of sp³-hybridized carbons (Fsp3) is 0.316. The van der Waals surface area contributed by atoms with E-state index >= 15 is 0 Å². The van der Waals surface area contributed by atoms with E-state index in [-0.39, 0.29) is 0 Å². The number of hydrogen-bond acceptors (Lipinski definition) is 4. The number of anilines is 1. The van der Waals surface area contributed by atoms with Crippen LogP contribution in [0.1, 0.15) is 16.7 Å². The normalized spacial score (nSPS) is 16.8. The molecule has 1 N–H and O–H groups in total. The summed E-state index contributed by atoms with van der Waals surface area (Å²) >= 11 is 1.49. The average molecular weight is 377 g/mol. The van der Waals surface area contributed by atoms with Gasteiger partial charge in [0.1, 0.15) is 0 Å². The van der Waals surface area contributed by atoms with Gasteiger partial charge in [-0.15, -0.1) is 0 Å². The van der Waals surface area contributed by atoms with Crippen LogP contribution in [-0.2, 0) is 6.18 Å². The molecule has 7 heteroatoms. The minimum absolute atomic E-state index is 0.367. The minimum Gasteiger partial charge on any atom is -0.368 e. The second-order valence-corrected chi connectivity index (χ2v) is 7.47. The molecule has 26 heavy (non-hydrogen) atoms. The minimum atomic E-state index is -4.36. The molecule has 0 radical (unpaired) electrons. The lowest BCUT2D eigenvalue weighted by molar-refractivity contribution is -0.137. The lowest BCUT2D eigenvalue weighted by Gasteiger charge is -2.31. The third kappa shape index (κ3) is 3.21. The molecule has 2 heterocycles. The summed E-state index contributed by atoms with van der Waals surface area (Å²) in [7, 11) is 0. The summed E-state index contributed by atoms with van der Waals surface area (Å²) in [6, 6.07) is 7.94. The van der Waals surface area contributed by atoms with Gasteiger partial charge in [-0.1, -0.05) is 17.8 Å². The summed E-state index contributed by atoms with van der Waals surface area (Å²) in [5.74, 6) is 0. The highest BCUT2D eigenvalue weighted by Gasteiger charge is 2.31. The number of aliphatic imine (C=N–C) groups is 1. The van der Waals surface area contributed by atoms with Crippen molar-refractivity contribution < 1.29 is 13.2 Å². The third-order valence-corrected chi connectivity index (χ3v) is 5.97. The van der Waals surface area contributed by atoms with Crippen molar-refractivity contribution in [1.29, 1.82) is 0 Å². The molecule has 2 aliphatic heterocycles. The second-order valence-electron chi connectivity index (χ2n) is 6.42. The summed E-state index contributed by atoms with van der Waals surface area (Å²) < 4.78 is 39.1. The van der Waals surface area contributed by atoms with E-state index in [4.69, 9.17) is 0 Å². The summed E-state index contributed by atoms with van der Waals surface area (Å²) in [6.45, 7) is 5.67. The van der Waals surface area contributed by atoms with Crippen LogP contribution >= 0.6 is 11.8 Å². The van der Waals surface area contributed by atoms with E-state index in [1.54, 1.807) is 6.21 Å². The molecule has 0 aliphatic carbocycles. The van der Waals surface area contributed by atoms with Gasteiger partial charge in [0.05, 0.1) is 11.3 Å². The maximum absolute atomic E-state index is 13.0. The topological polar surface area (TPSA) is 27.6 Å². The largest absolute Gasteiger partial charge is 0.416 e. The number of aryl methyl sites for hydroxylation is 1. The van der Waals surface area contributed by atoms with Gasteiger partial charge in [0.25, 0.3) is 0 Å². The molecule has 0 atom stereocenters. The van der Waals surface area contributed by atoms with Crippen molar-refractivity contribution in [3.8, 4) is 0 Å². The zero-order valence-corrected chi connectivity index (χ0v) is 15.0. The molecule has 4 rings (SSSR count). The van der Waals surface area contributed by atoms with Gasteiger partial charge in [0.15, 0.2) is 0 Å². The van der Waals surface area contributed by atoms with Gasteiger partial charge < -0.3 is 10.2 Å². The molecule has 0 saturated carbocycles. The Labute approximate surface area is 154 Å². The van der Waals surface area contributed by atoms with Crippen LogP contribution in [0.15, 0.2) is 45.1 Å². The molecule has 1 fully saturated rings. The Morgan fingerprint density at radius 3 is 2.62 bits per heavy atom. The molecule has 0 unspecified atom stereocenters. The maximum atomic E-state index is 13.0. The molecule has 1 saturated heterocycles. The van der Waals surface area contributed by atoms with E-state index in [2.05, 4.69) is 27.3 Å². The number of piperazine rings is 1. The summed E-state index contributed by atoms with van der Waals surface area (Å²) in [5.41, 5.74) is 2.88. The highest BCUT2D eigenvalue weighted by atomic mass is 32.2. The Balaban J connectivity index is 1.79. The second kappa shape index (κ2) is 6.63. The SMILES string of the molecule is Cc1ccc(N2CCNCC2)c2c1Sc1ccc(C(F)(F)F)cc1N=C2. The van der Waals surface area contributed by atoms with Gasteiger partial charge in [0, 0.05) is 53.4 Å². The van der Waals surface area contributed by atoms with E-state index in [0.29, 0.717) is 5.69 Å². The van der Waals surface area contributed by atoms with Crippen LogP contribution in [0.2, 0.25) is 0 Å². The van der Waals surface area contributed by atoms with Crippen LogP contribution in [0.4, 0.5) is 24.5 Å². The Morgan fingerprint density at radius 1 is 1.12 bits per heavy atom. The van der Waals surface area contributed by atoms with Crippen LogP contribution in [0.25, 0.3) is 0 Å². The third-order valence-electron chi connectivity index (χ3n) is 4.66. The number of fused-ring (bicyclic) bond motifs is 2. The van der Waals surface area contributed by atoms with Gasteiger partial charge in [-0.05, 0) is 36.8 Å². The number of benzene rings is 2. The summed E-state index contributed by atoms with van der Waals surface area (Å²) in [4.78, 5) is 8.52. The van der Waals surface area contributed by atoms with Crippen LogP contribution in [-0.4, -0.2) is 32.4 Å². The van der Waals surface area contributed by atoms with Crippen LogP contribution in [0.5, 0.6) is 0 Å². The van der Waals surface area contributed by atoms with Crippen molar-refractivity contribution in [3.05, 3.63) is 47.0 Å². The van der Waals surface area contributed by atoms with Gasteiger partial charge in [-0.25, -0.2) is 0 Å². The van der Waals surface area contributed by atoms with E-state index in [0.717, 1.165) is 64.9 Å². The highest BCUT2D eigenvalue weighted by molar-refractivity contribution is 7.99. The summed E-state index contributed by atoms with van der Waals surface area (Å²) in [6.07, 6.45) is -2.64. The van der Waals surface area contributed by atoms with Crippen LogP contribution in [0, 0.1) is 6.92 Å². The number of rotatable bonds is 1.